The zero-order chi connectivity index (χ0) is 23.0. The minimum atomic E-state index is -3.89. The molecule has 0 bridgehead atoms. The Morgan fingerprint density at radius 3 is 2.26 bits per heavy atom. The average molecular weight is 509 g/mol. The summed E-state index contributed by atoms with van der Waals surface area (Å²) < 4.78 is 34.8. The minimum Gasteiger partial charge on any atom is -0.461 e. The van der Waals surface area contributed by atoms with Crippen LogP contribution in [0.5, 0.6) is 0 Å². The number of sulfonamides is 1. The number of ether oxygens (including phenoxy) is 1. The molecule has 0 fully saturated rings. The van der Waals surface area contributed by atoms with Crippen LogP contribution in [0.3, 0.4) is 0 Å². The van der Waals surface area contributed by atoms with Gasteiger partial charge in [-0.05, 0) is 54.8 Å². The number of carbonyl (C=O) groups excluding carboxylic acids is 2. The van der Waals surface area contributed by atoms with Gasteiger partial charge in [0.15, 0.2) is 0 Å². The lowest BCUT2D eigenvalue weighted by molar-refractivity contribution is -0.144. The number of halogens is 1. The molecular formula is C22H25BrN2O5S. The van der Waals surface area contributed by atoms with Crippen molar-refractivity contribution in [1.29, 1.82) is 0 Å². The number of nitrogens with one attached hydrogen (secondary N) is 1. The van der Waals surface area contributed by atoms with Crippen LogP contribution in [0.15, 0.2) is 69.5 Å². The molecule has 2 aromatic carbocycles. The predicted molar refractivity (Wildman–Crippen MR) is 122 cm³/mol. The fourth-order valence-electron chi connectivity index (χ4n) is 2.79. The van der Waals surface area contributed by atoms with E-state index in [0.29, 0.717) is 17.7 Å². The highest BCUT2D eigenvalue weighted by molar-refractivity contribution is 9.10. The van der Waals surface area contributed by atoms with Crippen LogP contribution < -0.4 is 10.5 Å². The van der Waals surface area contributed by atoms with Gasteiger partial charge in [0.05, 0.1) is 10.9 Å². The third kappa shape index (κ3) is 7.39. The first-order chi connectivity index (χ1) is 14.7. The summed E-state index contributed by atoms with van der Waals surface area (Å²) in [5.74, 6) is -0.972. The SMILES string of the molecule is CC=C(COC(=O)CC(C)=O)C(NS(=O)(=O)c1ccc(CN)cc1)c1ccc(Br)cc1. The molecule has 0 saturated heterocycles. The van der Waals surface area contributed by atoms with Gasteiger partial charge in [-0.3, -0.25) is 9.59 Å². The molecular weight excluding hydrogens is 484 g/mol. The van der Waals surface area contributed by atoms with E-state index >= 15 is 0 Å². The number of Topliss-reactive ketones (excluding diaryl/α,β-unsaturated/α-hetero) is 1. The van der Waals surface area contributed by atoms with E-state index in [4.69, 9.17) is 10.5 Å². The summed E-state index contributed by atoms with van der Waals surface area (Å²) in [6.45, 7) is 3.18. The molecule has 0 heterocycles. The van der Waals surface area contributed by atoms with Crippen molar-refractivity contribution in [2.75, 3.05) is 6.61 Å². The van der Waals surface area contributed by atoms with Gasteiger partial charge in [0.25, 0.3) is 0 Å². The van der Waals surface area contributed by atoms with Crippen LogP contribution in [-0.4, -0.2) is 26.8 Å². The molecule has 3 N–H and O–H groups in total. The van der Waals surface area contributed by atoms with Crippen LogP contribution in [0.4, 0.5) is 0 Å². The molecule has 0 aromatic heterocycles. The van der Waals surface area contributed by atoms with Crippen molar-refractivity contribution < 1.29 is 22.7 Å². The summed E-state index contributed by atoms with van der Waals surface area (Å²) in [5, 5.41) is 0. The van der Waals surface area contributed by atoms with E-state index in [-0.39, 0.29) is 23.7 Å². The van der Waals surface area contributed by atoms with E-state index < -0.39 is 22.0 Å². The lowest BCUT2D eigenvalue weighted by Gasteiger charge is -2.23. The summed E-state index contributed by atoms with van der Waals surface area (Å²) >= 11 is 3.37. The molecule has 7 nitrogen and oxygen atoms in total. The molecule has 0 aliphatic heterocycles. The zero-order valence-electron chi connectivity index (χ0n) is 17.3. The number of allylic oxidation sites excluding steroid dienone is 1. The second-order valence-corrected chi connectivity index (χ2v) is 9.49. The Hall–Kier alpha value is -2.33. The van der Waals surface area contributed by atoms with Crippen LogP contribution >= 0.6 is 15.9 Å². The molecule has 0 aliphatic carbocycles. The van der Waals surface area contributed by atoms with E-state index in [1.165, 1.54) is 19.1 Å². The maximum absolute atomic E-state index is 13.1. The van der Waals surface area contributed by atoms with Crippen molar-refractivity contribution in [3.05, 3.63) is 75.8 Å². The van der Waals surface area contributed by atoms with E-state index in [0.717, 1.165) is 10.0 Å². The van der Waals surface area contributed by atoms with Crippen molar-refractivity contribution in [3.8, 4) is 0 Å². The minimum absolute atomic E-state index is 0.0934. The molecule has 1 atom stereocenters. The summed E-state index contributed by atoms with van der Waals surface area (Å²) in [4.78, 5) is 23.0. The molecule has 0 aliphatic rings. The Balaban J connectivity index is 2.34. The Morgan fingerprint density at radius 2 is 1.74 bits per heavy atom. The normalized spacial score (nSPS) is 13.0. The fourth-order valence-corrected chi connectivity index (χ4v) is 4.28. The Bertz CT molecular complexity index is 1050. The molecule has 1 unspecified atom stereocenters. The number of rotatable bonds is 10. The monoisotopic (exact) mass is 508 g/mol. The van der Waals surface area contributed by atoms with Gasteiger partial charge in [-0.2, -0.15) is 4.72 Å². The number of hydrogen-bond donors (Lipinski definition) is 2. The highest BCUT2D eigenvalue weighted by Crippen LogP contribution is 2.26. The van der Waals surface area contributed by atoms with Crippen LogP contribution in [0.25, 0.3) is 0 Å². The van der Waals surface area contributed by atoms with Gasteiger partial charge in [-0.1, -0.05) is 46.3 Å². The lowest BCUT2D eigenvalue weighted by atomic mass is 10.00. The summed E-state index contributed by atoms with van der Waals surface area (Å²) in [6, 6.07) is 12.7. The number of hydrogen-bond acceptors (Lipinski definition) is 6. The van der Waals surface area contributed by atoms with Gasteiger partial charge < -0.3 is 10.5 Å². The smallest absolute Gasteiger partial charge is 0.313 e. The molecule has 0 spiro atoms. The van der Waals surface area contributed by atoms with Crippen molar-refractivity contribution in [3.63, 3.8) is 0 Å². The molecule has 2 rings (SSSR count). The molecule has 166 valence electrons. The third-order valence-electron chi connectivity index (χ3n) is 4.48. The lowest BCUT2D eigenvalue weighted by Crippen LogP contribution is -2.31. The second-order valence-electron chi connectivity index (χ2n) is 6.86. The predicted octanol–water partition coefficient (Wildman–Crippen LogP) is 3.40. The van der Waals surface area contributed by atoms with Crippen molar-refractivity contribution >= 4 is 37.7 Å². The van der Waals surface area contributed by atoms with Gasteiger partial charge in [-0.15, -0.1) is 0 Å². The first kappa shape index (κ1) is 24.9. The number of esters is 1. The van der Waals surface area contributed by atoms with Crippen molar-refractivity contribution in [1.82, 2.24) is 4.72 Å². The molecule has 0 radical (unpaired) electrons. The third-order valence-corrected chi connectivity index (χ3v) is 6.45. The molecule has 0 saturated carbocycles. The van der Waals surface area contributed by atoms with Crippen LogP contribution in [0, 0.1) is 0 Å². The van der Waals surface area contributed by atoms with Crippen molar-refractivity contribution in [2.24, 2.45) is 5.73 Å². The summed E-state index contributed by atoms with van der Waals surface area (Å²) in [6.07, 6.45) is 1.35. The van der Waals surface area contributed by atoms with Gasteiger partial charge >= 0.3 is 5.97 Å². The molecule has 2 aromatic rings. The van der Waals surface area contributed by atoms with Crippen LogP contribution in [0.2, 0.25) is 0 Å². The van der Waals surface area contributed by atoms with Gasteiger partial charge in [-0.25, -0.2) is 8.42 Å². The maximum atomic E-state index is 13.1. The van der Waals surface area contributed by atoms with E-state index in [9.17, 15) is 18.0 Å². The first-order valence-corrected chi connectivity index (χ1v) is 11.8. The Labute approximate surface area is 190 Å². The number of benzene rings is 2. The van der Waals surface area contributed by atoms with Gasteiger partial charge in [0, 0.05) is 11.0 Å². The van der Waals surface area contributed by atoms with E-state index in [1.54, 1.807) is 49.4 Å². The highest BCUT2D eigenvalue weighted by atomic mass is 79.9. The largest absolute Gasteiger partial charge is 0.461 e. The number of nitrogens with two attached hydrogens (primary N) is 1. The Morgan fingerprint density at radius 1 is 1.13 bits per heavy atom. The van der Waals surface area contributed by atoms with Gasteiger partial charge in [0.2, 0.25) is 10.0 Å². The molecule has 9 heteroatoms. The number of carbonyl (C=O) groups is 2. The van der Waals surface area contributed by atoms with Crippen LogP contribution in [-0.2, 0) is 30.9 Å². The topological polar surface area (TPSA) is 116 Å². The molecule has 31 heavy (non-hydrogen) atoms. The average Bonchev–Trinajstić information content (AvgIpc) is 2.73. The van der Waals surface area contributed by atoms with Crippen molar-refractivity contribution in [2.45, 2.75) is 37.8 Å². The fraction of sp³-hybridized carbons (Fsp3) is 0.273. The first-order valence-electron chi connectivity index (χ1n) is 9.53. The standard InChI is InChI=1S/C22H25BrN2O5S/c1-3-17(14-30-21(27)12-15(2)26)22(18-6-8-19(23)9-7-18)25-31(28,29)20-10-4-16(13-24)5-11-20/h3-11,22,25H,12-14,24H2,1-2H3. The van der Waals surface area contributed by atoms with Gasteiger partial charge in [0.1, 0.15) is 18.8 Å². The second kappa shape index (κ2) is 11.3. The summed E-state index contributed by atoms with van der Waals surface area (Å²) in [5.41, 5.74) is 7.60. The maximum Gasteiger partial charge on any atom is 0.313 e. The zero-order valence-corrected chi connectivity index (χ0v) is 19.7. The molecule has 0 amide bonds. The highest BCUT2D eigenvalue weighted by Gasteiger charge is 2.25. The van der Waals surface area contributed by atoms with Crippen LogP contribution in [0.1, 0.15) is 37.4 Å². The summed E-state index contributed by atoms with van der Waals surface area (Å²) in [7, 11) is -3.89. The number of ketones is 1. The van der Waals surface area contributed by atoms with E-state index in [2.05, 4.69) is 20.7 Å². The Kier molecular flexibility index (Phi) is 9.12. The quantitative estimate of drug-likeness (QED) is 0.288. The van der Waals surface area contributed by atoms with E-state index in [1.807, 2.05) is 0 Å².